The zero-order valence-electron chi connectivity index (χ0n) is 11.4. The van der Waals surface area contributed by atoms with E-state index >= 15 is 0 Å². The highest BCUT2D eigenvalue weighted by molar-refractivity contribution is 7.18. The fourth-order valence-electron chi connectivity index (χ4n) is 1.83. The highest BCUT2D eigenvalue weighted by Crippen LogP contribution is 2.29. The van der Waals surface area contributed by atoms with Crippen LogP contribution in [0.2, 0.25) is 0 Å². The number of nitrogens with two attached hydrogens (primary N) is 1. The molecule has 0 radical (unpaired) electrons. The van der Waals surface area contributed by atoms with Crippen LogP contribution in [-0.4, -0.2) is 29.2 Å². The predicted octanol–water partition coefficient (Wildman–Crippen LogP) is 2.12. The van der Waals surface area contributed by atoms with Crippen LogP contribution in [0.25, 0.3) is 10.2 Å². The van der Waals surface area contributed by atoms with Gasteiger partial charge in [0.05, 0.1) is 11.5 Å². The van der Waals surface area contributed by atoms with E-state index in [0.717, 1.165) is 16.0 Å². The minimum atomic E-state index is 0.129. The van der Waals surface area contributed by atoms with Crippen molar-refractivity contribution in [3.8, 4) is 0 Å². The fraction of sp³-hybridized carbons (Fsp3) is 0.500. The molecule has 6 nitrogen and oxygen atoms in total. The Hall–Kier alpha value is -1.44. The minimum absolute atomic E-state index is 0.129. The first kappa shape index (κ1) is 14.0. The van der Waals surface area contributed by atoms with Gasteiger partial charge >= 0.3 is 0 Å². The predicted molar refractivity (Wildman–Crippen MR) is 79.5 cm³/mol. The van der Waals surface area contributed by atoms with Crippen LogP contribution in [0.4, 0.5) is 11.8 Å². The van der Waals surface area contributed by atoms with Crippen molar-refractivity contribution in [3.63, 3.8) is 0 Å². The van der Waals surface area contributed by atoms with Gasteiger partial charge in [0.15, 0.2) is 0 Å². The van der Waals surface area contributed by atoms with E-state index in [2.05, 4.69) is 33.7 Å². The summed E-state index contributed by atoms with van der Waals surface area (Å²) in [6.45, 7) is 7.45. The lowest BCUT2D eigenvalue weighted by Crippen LogP contribution is -2.21. The number of aromatic nitrogens is 2. The first-order chi connectivity index (χ1) is 9.13. The molecule has 19 heavy (non-hydrogen) atoms. The molecule has 0 saturated carbocycles. The molecule has 1 atom stereocenters. The molecule has 2 aromatic rings. The van der Waals surface area contributed by atoms with Crippen LogP contribution >= 0.6 is 11.3 Å². The van der Waals surface area contributed by atoms with Gasteiger partial charge in [0, 0.05) is 18.0 Å². The average molecular weight is 281 g/mol. The first-order valence-corrected chi connectivity index (χ1v) is 7.06. The summed E-state index contributed by atoms with van der Waals surface area (Å²) in [6, 6.07) is 2.08. The summed E-state index contributed by atoms with van der Waals surface area (Å²) in [4.78, 5) is 10.8. The molecule has 4 N–H and O–H groups in total. The molecular formula is C12H19N5OS. The van der Waals surface area contributed by atoms with Crippen molar-refractivity contribution in [3.05, 3.63) is 10.9 Å². The molecule has 0 saturated heterocycles. The molecule has 2 aromatic heterocycles. The Morgan fingerprint density at radius 2 is 2.26 bits per heavy atom. The van der Waals surface area contributed by atoms with Gasteiger partial charge in [-0.1, -0.05) is 0 Å². The van der Waals surface area contributed by atoms with E-state index < -0.39 is 0 Å². The number of nitrogens with zero attached hydrogens (tertiary/aromatic N) is 2. The van der Waals surface area contributed by atoms with Gasteiger partial charge < -0.3 is 10.1 Å². The molecule has 0 aliphatic heterocycles. The maximum Gasteiger partial charge on any atom is 0.240 e. The molecule has 1 unspecified atom stereocenters. The quantitative estimate of drug-likeness (QED) is 0.555. The van der Waals surface area contributed by atoms with Crippen molar-refractivity contribution < 1.29 is 4.74 Å². The number of thiophene rings is 1. The van der Waals surface area contributed by atoms with Gasteiger partial charge in [0.25, 0.3) is 0 Å². The third-order valence-electron chi connectivity index (χ3n) is 2.65. The largest absolute Gasteiger partial charge is 0.377 e. The van der Waals surface area contributed by atoms with Crippen molar-refractivity contribution in [1.82, 2.24) is 9.97 Å². The zero-order chi connectivity index (χ0) is 13.8. The van der Waals surface area contributed by atoms with Gasteiger partial charge in [0.1, 0.15) is 10.6 Å². The molecule has 0 spiro atoms. The van der Waals surface area contributed by atoms with Crippen LogP contribution in [0.15, 0.2) is 6.07 Å². The van der Waals surface area contributed by atoms with Crippen LogP contribution in [-0.2, 0) is 4.74 Å². The third-order valence-corrected chi connectivity index (χ3v) is 3.60. The number of hydrogen-bond acceptors (Lipinski definition) is 7. The Balaban J connectivity index is 2.24. The second-order valence-electron chi connectivity index (χ2n) is 4.26. The molecule has 0 aliphatic rings. The third kappa shape index (κ3) is 3.31. The number of hydrazine groups is 1. The van der Waals surface area contributed by atoms with Crippen molar-refractivity contribution >= 4 is 33.3 Å². The molecule has 2 heterocycles. The molecule has 0 aromatic carbocycles. The standard InChI is InChI=1S/C12H19N5OS/c1-4-18-7(2)6-14-10-9-5-8(3)19-11(9)16-12(15-10)17-13/h5,7H,4,6,13H2,1-3H3,(H2,14,15,16,17). The van der Waals surface area contributed by atoms with E-state index in [1.807, 2.05) is 13.8 Å². The second-order valence-corrected chi connectivity index (χ2v) is 5.50. The van der Waals surface area contributed by atoms with Crippen LogP contribution < -0.4 is 16.6 Å². The number of nitrogens with one attached hydrogen (secondary N) is 2. The second kappa shape index (κ2) is 6.14. The maximum absolute atomic E-state index is 5.49. The Morgan fingerprint density at radius 1 is 1.47 bits per heavy atom. The molecule has 0 aliphatic carbocycles. The van der Waals surface area contributed by atoms with E-state index in [-0.39, 0.29) is 6.10 Å². The normalized spacial score (nSPS) is 12.6. The van der Waals surface area contributed by atoms with Crippen molar-refractivity contribution in [2.75, 3.05) is 23.9 Å². The summed E-state index contributed by atoms with van der Waals surface area (Å²) < 4.78 is 5.49. The van der Waals surface area contributed by atoms with Crippen LogP contribution in [0.3, 0.4) is 0 Å². The molecular weight excluding hydrogens is 262 g/mol. The number of anilines is 2. The monoisotopic (exact) mass is 281 g/mol. The molecule has 2 rings (SSSR count). The lowest BCUT2D eigenvalue weighted by molar-refractivity contribution is 0.0855. The van der Waals surface area contributed by atoms with E-state index in [1.54, 1.807) is 11.3 Å². The average Bonchev–Trinajstić information content (AvgIpc) is 2.76. The summed E-state index contributed by atoms with van der Waals surface area (Å²) >= 11 is 1.62. The number of hydrogen-bond donors (Lipinski definition) is 3. The number of fused-ring (bicyclic) bond motifs is 1. The van der Waals surface area contributed by atoms with Crippen molar-refractivity contribution in [1.29, 1.82) is 0 Å². The topological polar surface area (TPSA) is 85.1 Å². The Labute approximate surface area is 116 Å². The van der Waals surface area contributed by atoms with Gasteiger partial charge in [-0.05, 0) is 26.8 Å². The van der Waals surface area contributed by atoms with E-state index in [4.69, 9.17) is 10.6 Å². The summed E-state index contributed by atoms with van der Waals surface area (Å²) in [5.41, 5.74) is 2.49. The van der Waals surface area contributed by atoms with E-state index in [1.165, 1.54) is 4.88 Å². The Bertz CT molecular complexity index is 556. The first-order valence-electron chi connectivity index (χ1n) is 6.24. The molecule has 0 bridgehead atoms. The van der Waals surface area contributed by atoms with Gasteiger partial charge in [-0.25, -0.2) is 10.8 Å². The van der Waals surface area contributed by atoms with Crippen molar-refractivity contribution in [2.24, 2.45) is 5.84 Å². The minimum Gasteiger partial charge on any atom is -0.377 e. The highest BCUT2D eigenvalue weighted by atomic mass is 32.1. The SMILES string of the molecule is CCOC(C)CNc1nc(NN)nc2sc(C)cc12. The van der Waals surface area contributed by atoms with E-state index in [9.17, 15) is 0 Å². The number of rotatable bonds is 6. The lowest BCUT2D eigenvalue weighted by atomic mass is 10.3. The van der Waals surface area contributed by atoms with E-state index in [0.29, 0.717) is 19.1 Å². The smallest absolute Gasteiger partial charge is 0.240 e. The molecule has 7 heteroatoms. The lowest BCUT2D eigenvalue weighted by Gasteiger charge is -2.14. The fourth-order valence-corrected chi connectivity index (χ4v) is 2.70. The molecule has 0 amide bonds. The van der Waals surface area contributed by atoms with Crippen LogP contribution in [0, 0.1) is 6.92 Å². The highest BCUT2D eigenvalue weighted by Gasteiger charge is 2.11. The molecule has 0 fully saturated rings. The summed E-state index contributed by atoms with van der Waals surface area (Å²) in [6.07, 6.45) is 0.129. The molecule has 104 valence electrons. The van der Waals surface area contributed by atoms with Gasteiger partial charge in [-0.15, -0.1) is 11.3 Å². The summed E-state index contributed by atoms with van der Waals surface area (Å²) in [7, 11) is 0. The van der Waals surface area contributed by atoms with Gasteiger partial charge in [-0.2, -0.15) is 4.98 Å². The van der Waals surface area contributed by atoms with Crippen molar-refractivity contribution in [2.45, 2.75) is 26.9 Å². The summed E-state index contributed by atoms with van der Waals surface area (Å²) in [5, 5.41) is 4.31. The Kier molecular flexibility index (Phi) is 4.52. The Morgan fingerprint density at radius 3 is 2.95 bits per heavy atom. The number of ether oxygens (including phenoxy) is 1. The number of aryl methyl sites for hydroxylation is 1. The van der Waals surface area contributed by atoms with Crippen LogP contribution in [0.1, 0.15) is 18.7 Å². The zero-order valence-corrected chi connectivity index (χ0v) is 12.2. The summed E-state index contributed by atoms with van der Waals surface area (Å²) in [5.74, 6) is 6.60. The number of nitrogen functional groups attached to an aromatic ring is 1. The van der Waals surface area contributed by atoms with Gasteiger partial charge in [0.2, 0.25) is 5.95 Å². The van der Waals surface area contributed by atoms with Gasteiger partial charge in [-0.3, -0.25) is 5.43 Å². The van der Waals surface area contributed by atoms with Crippen LogP contribution in [0.5, 0.6) is 0 Å². The maximum atomic E-state index is 5.49.